The van der Waals surface area contributed by atoms with Gasteiger partial charge in [0.15, 0.2) is 0 Å². The molecule has 0 saturated carbocycles. The first-order valence-corrected chi connectivity index (χ1v) is 11.5. The molecule has 3 atom stereocenters. The third-order valence-electron chi connectivity index (χ3n) is 4.69. The second-order valence-corrected chi connectivity index (χ2v) is 11.8. The van der Waals surface area contributed by atoms with Crippen LogP contribution >= 0.6 is 0 Å². The summed E-state index contributed by atoms with van der Waals surface area (Å²) in [4.78, 5) is 18.3. The molecule has 2 N–H and O–H groups in total. The number of nitrogens with one attached hydrogen (secondary N) is 2. The van der Waals surface area contributed by atoms with Crippen molar-refractivity contribution in [3.05, 3.63) is 23.6 Å². The van der Waals surface area contributed by atoms with Crippen LogP contribution in [0.5, 0.6) is 0 Å². The SMILES string of the molecule is CC(N[S@](=O)C(C)(C)C)c1cc(F)cnc1N1CCC(CNC(=O)OC(C)(C)C)C1. The average molecular weight is 443 g/mol. The Morgan fingerprint density at radius 3 is 2.63 bits per heavy atom. The van der Waals surface area contributed by atoms with E-state index < -0.39 is 33.2 Å². The number of alkyl carbamates (subject to hydrolysis) is 1. The summed E-state index contributed by atoms with van der Waals surface area (Å²) in [6.07, 6.45) is 1.66. The first-order chi connectivity index (χ1) is 13.8. The molecule has 7 nitrogen and oxygen atoms in total. The molecule has 1 saturated heterocycles. The first-order valence-electron chi connectivity index (χ1n) is 10.3. The lowest BCUT2D eigenvalue weighted by atomic mass is 10.1. The Kier molecular flexibility index (Phi) is 7.85. The van der Waals surface area contributed by atoms with Crippen LogP contribution in [0.2, 0.25) is 0 Å². The minimum atomic E-state index is -1.29. The number of halogens is 1. The van der Waals surface area contributed by atoms with Crippen LogP contribution in [0.15, 0.2) is 12.3 Å². The van der Waals surface area contributed by atoms with Gasteiger partial charge in [0.25, 0.3) is 0 Å². The third-order valence-corrected chi connectivity index (χ3v) is 6.37. The van der Waals surface area contributed by atoms with Gasteiger partial charge in [-0.05, 0) is 66.9 Å². The highest BCUT2D eigenvalue weighted by atomic mass is 32.2. The van der Waals surface area contributed by atoms with E-state index >= 15 is 0 Å². The van der Waals surface area contributed by atoms with Crippen molar-refractivity contribution in [2.75, 3.05) is 24.5 Å². The largest absolute Gasteiger partial charge is 0.444 e. The highest BCUT2D eigenvalue weighted by Gasteiger charge is 2.29. The standard InChI is InChI=1S/C21H35FN4O3S/c1-14(25-30(28)21(5,6)7)17-10-16(22)12-23-18(17)26-9-8-15(13-26)11-24-19(27)29-20(2,3)4/h10,12,14-15,25H,8-9,11,13H2,1-7H3,(H,24,27)/t14?,15?,30-/m1/s1. The normalized spacial score (nSPS) is 19.5. The maximum Gasteiger partial charge on any atom is 0.407 e. The molecule has 1 amide bonds. The molecule has 0 aromatic carbocycles. The van der Waals surface area contributed by atoms with Gasteiger partial charge < -0.3 is 15.0 Å². The Hall–Kier alpha value is -1.74. The summed E-state index contributed by atoms with van der Waals surface area (Å²) in [5.74, 6) is 0.498. The van der Waals surface area contributed by atoms with Crippen molar-refractivity contribution in [2.24, 2.45) is 5.92 Å². The predicted molar refractivity (Wildman–Crippen MR) is 118 cm³/mol. The van der Waals surface area contributed by atoms with Gasteiger partial charge in [0, 0.05) is 31.2 Å². The van der Waals surface area contributed by atoms with E-state index in [2.05, 4.69) is 19.9 Å². The summed E-state index contributed by atoms with van der Waals surface area (Å²) in [5, 5.41) is 2.82. The molecule has 0 radical (unpaired) electrons. The molecule has 0 spiro atoms. The zero-order valence-electron chi connectivity index (χ0n) is 19.0. The molecule has 1 aromatic heterocycles. The van der Waals surface area contributed by atoms with E-state index in [9.17, 15) is 13.4 Å². The second-order valence-electron chi connectivity index (χ2n) is 9.77. The predicted octanol–water partition coefficient (Wildman–Crippen LogP) is 3.68. The fraction of sp³-hybridized carbons (Fsp3) is 0.714. The van der Waals surface area contributed by atoms with Crippen LogP contribution in [-0.4, -0.2) is 45.3 Å². The molecule has 0 bridgehead atoms. The second kappa shape index (κ2) is 9.60. The van der Waals surface area contributed by atoms with Crippen molar-refractivity contribution in [1.29, 1.82) is 0 Å². The molecule has 170 valence electrons. The van der Waals surface area contributed by atoms with Gasteiger partial charge in [-0.3, -0.25) is 0 Å². The molecule has 1 aliphatic rings. The summed E-state index contributed by atoms with van der Waals surface area (Å²) in [7, 11) is -1.29. The van der Waals surface area contributed by atoms with Crippen molar-refractivity contribution in [3.63, 3.8) is 0 Å². The lowest BCUT2D eigenvalue weighted by Gasteiger charge is -2.26. The molecular weight excluding hydrogens is 407 g/mol. The molecule has 1 aromatic rings. The topological polar surface area (TPSA) is 83.6 Å². The highest BCUT2D eigenvalue weighted by Crippen LogP contribution is 2.30. The zero-order chi connectivity index (χ0) is 22.7. The number of pyridine rings is 1. The van der Waals surface area contributed by atoms with Gasteiger partial charge >= 0.3 is 6.09 Å². The van der Waals surface area contributed by atoms with Crippen LogP contribution in [-0.2, 0) is 15.7 Å². The zero-order valence-corrected chi connectivity index (χ0v) is 19.9. The summed E-state index contributed by atoms with van der Waals surface area (Å²) in [6.45, 7) is 14.9. The van der Waals surface area contributed by atoms with Gasteiger partial charge in [0.2, 0.25) is 0 Å². The fourth-order valence-corrected chi connectivity index (χ4v) is 3.97. The smallest absolute Gasteiger partial charge is 0.407 e. The molecule has 2 unspecified atom stereocenters. The van der Waals surface area contributed by atoms with Gasteiger partial charge in [-0.1, -0.05) is 0 Å². The van der Waals surface area contributed by atoms with Gasteiger partial charge in [-0.25, -0.2) is 23.1 Å². The Bertz CT molecular complexity index is 776. The third kappa shape index (κ3) is 7.19. The molecule has 2 heterocycles. The van der Waals surface area contributed by atoms with Crippen LogP contribution in [0.4, 0.5) is 15.0 Å². The molecule has 30 heavy (non-hydrogen) atoms. The van der Waals surface area contributed by atoms with Gasteiger partial charge in [0.05, 0.1) is 21.9 Å². The van der Waals surface area contributed by atoms with E-state index in [1.54, 1.807) is 0 Å². The Morgan fingerprint density at radius 1 is 1.37 bits per heavy atom. The number of ether oxygens (including phenoxy) is 1. The number of hydrogen-bond acceptors (Lipinski definition) is 5. The number of carbonyl (C=O) groups is 1. The van der Waals surface area contributed by atoms with Crippen LogP contribution in [0.3, 0.4) is 0 Å². The maximum absolute atomic E-state index is 13.9. The first kappa shape index (κ1) is 24.5. The molecule has 1 fully saturated rings. The lowest BCUT2D eigenvalue weighted by molar-refractivity contribution is 0.0520. The molecule has 0 aliphatic carbocycles. The maximum atomic E-state index is 13.9. The Morgan fingerprint density at radius 2 is 2.03 bits per heavy atom. The number of anilines is 1. The van der Waals surface area contributed by atoms with E-state index in [1.165, 1.54) is 12.3 Å². The number of amides is 1. The van der Waals surface area contributed by atoms with E-state index in [-0.39, 0.29) is 12.0 Å². The fourth-order valence-electron chi connectivity index (χ4n) is 3.16. The summed E-state index contributed by atoms with van der Waals surface area (Å²) < 4.78 is 34.3. The molecule has 1 aliphatic heterocycles. The van der Waals surface area contributed by atoms with E-state index in [0.29, 0.717) is 24.5 Å². The highest BCUT2D eigenvalue weighted by molar-refractivity contribution is 7.84. The average Bonchev–Trinajstić information content (AvgIpc) is 3.06. The molecule has 2 rings (SSSR count). The van der Waals surface area contributed by atoms with E-state index in [4.69, 9.17) is 4.74 Å². The summed E-state index contributed by atoms with van der Waals surface area (Å²) in [5.41, 5.74) is 0.142. The van der Waals surface area contributed by atoms with Crippen molar-refractivity contribution in [3.8, 4) is 0 Å². The van der Waals surface area contributed by atoms with Crippen molar-refractivity contribution in [1.82, 2.24) is 15.0 Å². The number of carbonyl (C=O) groups excluding carboxylic acids is 1. The summed E-state index contributed by atoms with van der Waals surface area (Å²) >= 11 is 0. The number of nitrogens with zero attached hydrogens (tertiary/aromatic N) is 2. The lowest BCUT2D eigenvalue weighted by Crippen LogP contribution is -2.36. The Balaban J connectivity index is 2.04. The van der Waals surface area contributed by atoms with Crippen molar-refractivity contribution >= 4 is 22.9 Å². The van der Waals surface area contributed by atoms with Crippen LogP contribution in [0, 0.1) is 11.7 Å². The van der Waals surface area contributed by atoms with Crippen LogP contribution < -0.4 is 14.9 Å². The number of aromatic nitrogens is 1. The summed E-state index contributed by atoms with van der Waals surface area (Å²) in [6, 6.07) is 1.12. The van der Waals surface area contributed by atoms with Gasteiger partial charge in [-0.15, -0.1) is 0 Å². The van der Waals surface area contributed by atoms with Crippen molar-refractivity contribution < 1.29 is 18.1 Å². The minimum absolute atomic E-state index is 0.240. The van der Waals surface area contributed by atoms with E-state index in [0.717, 1.165) is 13.0 Å². The van der Waals surface area contributed by atoms with Crippen molar-refractivity contribution in [2.45, 2.75) is 71.3 Å². The Labute approximate surface area is 181 Å². The monoisotopic (exact) mass is 442 g/mol. The van der Waals surface area contributed by atoms with Crippen LogP contribution in [0.25, 0.3) is 0 Å². The van der Waals surface area contributed by atoms with E-state index in [1.807, 2.05) is 48.5 Å². The van der Waals surface area contributed by atoms with Gasteiger partial charge in [0.1, 0.15) is 17.2 Å². The number of rotatable bonds is 6. The molecular formula is C21H35FN4O3S. The van der Waals surface area contributed by atoms with Gasteiger partial charge in [-0.2, -0.15) is 0 Å². The minimum Gasteiger partial charge on any atom is -0.444 e. The van der Waals surface area contributed by atoms with Crippen LogP contribution in [0.1, 0.15) is 66.5 Å². The number of hydrogen-bond donors (Lipinski definition) is 2. The molecule has 9 heteroatoms. The quantitative estimate of drug-likeness (QED) is 0.702.